The third-order valence-electron chi connectivity index (χ3n) is 6.54. The number of nitrogens with one attached hydrogen (secondary N) is 1. The molecule has 3 N–H and O–H groups in total. The molecule has 0 saturated heterocycles. The maximum Gasteiger partial charge on any atom is 0.280 e. The van der Waals surface area contributed by atoms with E-state index in [1.807, 2.05) is 54.1 Å². The average Bonchev–Trinajstić information content (AvgIpc) is 3.23. The van der Waals surface area contributed by atoms with Gasteiger partial charge in [0.1, 0.15) is 11.4 Å². The fourth-order valence-corrected chi connectivity index (χ4v) is 4.41. The van der Waals surface area contributed by atoms with Crippen LogP contribution in [-0.4, -0.2) is 26.6 Å². The van der Waals surface area contributed by atoms with Gasteiger partial charge in [0.05, 0.1) is 23.2 Å². The number of benzene rings is 2. The summed E-state index contributed by atoms with van der Waals surface area (Å²) in [5.74, 6) is 5.63. The highest BCUT2D eigenvalue weighted by Crippen LogP contribution is 2.40. The van der Waals surface area contributed by atoms with Crippen molar-refractivity contribution in [2.75, 3.05) is 5.32 Å². The Morgan fingerprint density at radius 2 is 1.76 bits per heavy atom. The summed E-state index contributed by atoms with van der Waals surface area (Å²) < 4.78 is 1.81. The third kappa shape index (κ3) is 4.04. The lowest BCUT2D eigenvalue weighted by molar-refractivity contribution is -0.133. The molecule has 1 aliphatic rings. The molecule has 2 amide bonds. The van der Waals surface area contributed by atoms with Crippen molar-refractivity contribution >= 4 is 17.6 Å². The first-order valence-corrected chi connectivity index (χ1v) is 11.1. The lowest BCUT2D eigenvalue weighted by Gasteiger charge is -2.38. The molecule has 2 aromatic carbocycles. The number of fused-ring (bicyclic) bond motifs is 1. The van der Waals surface area contributed by atoms with Gasteiger partial charge in [-0.3, -0.25) is 9.59 Å². The first kappa shape index (κ1) is 22.7. The van der Waals surface area contributed by atoms with Gasteiger partial charge < -0.3 is 5.32 Å². The van der Waals surface area contributed by atoms with Crippen LogP contribution in [0.25, 0.3) is 0 Å². The summed E-state index contributed by atoms with van der Waals surface area (Å²) in [6.45, 7) is 9.69. The molecule has 0 spiro atoms. The van der Waals surface area contributed by atoms with Gasteiger partial charge in [0.2, 0.25) is 0 Å². The van der Waals surface area contributed by atoms with Crippen molar-refractivity contribution in [3.05, 3.63) is 83.0 Å². The second kappa shape index (κ2) is 8.15. The number of aromatic nitrogens is 2. The number of rotatable bonds is 4. The lowest BCUT2D eigenvalue weighted by Crippen LogP contribution is -2.50. The Labute approximate surface area is 194 Å². The van der Waals surface area contributed by atoms with Crippen LogP contribution < -0.4 is 11.2 Å². The van der Waals surface area contributed by atoms with Gasteiger partial charge in [0, 0.05) is 0 Å². The van der Waals surface area contributed by atoms with Crippen LogP contribution in [-0.2, 0) is 15.7 Å². The highest BCUT2D eigenvalue weighted by Gasteiger charge is 2.40. The summed E-state index contributed by atoms with van der Waals surface area (Å²) in [5.41, 5.74) is 1.99. The van der Waals surface area contributed by atoms with Gasteiger partial charge in [-0.25, -0.2) is 15.5 Å². The molecule has 2 heterocycles. The van der Waals surface area contributed by atoms with Crippen molar-refractivity contribution in [2.24, 2.45) is 5.84 Å². The van der Waals surface area contributed by atoms with E-state index in [1.54, 1.807) is 13.8 Å². The molecule has 0 radical (unpaired) electrons. The summed E-state index contributed by atoms with van der Waals surface area (Å²) in [5, 5.41) is 8.65. The van der Waals surface area contributed by atoms with E-state index in [0.29, 0.717) is 5.82 Å². The van der Waals surface area contributed by atoms with Gasteiger partial charge in [-0.2, -0.15) is 5.10 Å². The fraction of sp³-hybridized carbons (Fsp3) is 0.346. The molecule has 33 heavy (non-hydrogen) atoms. The standard InChI is InChI=1S/C26H31N5O2/c1-17-11-13-19(14-12-17)26(4,5)24(33)30(27)23(32)20-16-28-31-22(20)29-21(15-25(31,2)3)18-9-7-6-8-10-18/h6-14,16,21,29H,15,27H2,1-5H3. The minimum Gasteiger partial charge on any atom is -0.363 e. The van der Waals surface area contributed by atoms with Crippen molar-refractivity contribution in [3.8, 4) is 0 Å². The number of nitrogens with zero attached hydrogens (tertiary/aromatic N) is 3. The highest BCUT2D eigenvalue weighted by molar-refractivity contribution is 6.09. The Bertz CT molecular complexity index is 1180. The van der Waals surface area contributed by atoms with E-state index in [2.05, 4.69) is 36.4 Å². The largest absolute Gasteiger partial charge is 0.363 e. The van der Waals surface area contributed by atoms with Crippen LogP contribution in [0.4, 0.5) is 5.82 Å². The van der Waals surface area contributed by atoms with Crippen LogP contribution in [0.2, 0.25) is 0 Å². The number of anilines is 1. The Balaban J connectivity index is 1.64. The predicted molar refractivity (Wildman–Crippen MR) is 129 cm³/mol. The van der Waals surface area contributed by atoms with Crippen molar-refractivity contribution < 1.29 is 9.59 Å². The number of hydrazine groups is 1. The van der Waals surface area contributed by atoms with Gasteiger partial charge >= 0.3 is 0 Å². The number of hydrogen-bond acceptors (Lipinski definition) is 5. The topological polar surface area (TPSA) is 93.2 Å². The van der Waals surface area contributed by atoms with Crippen LogP contribution in [0.15, 0.2) is 60.8 Å². The zero-order chi connectivity index (χ0) is 24.0. The summed E-state index contributed by atoms with van der Waals surface area (Å²) in [7, 11) is 0. The molecular formula is C26H31N5O2. The number of amides is 2. The normalized spacial score (nSPS) is 17.1. The lowest BCUT2D eigenvalue weighted by atomic mass is 9.83. The monoisotopic (exact) mass is 445 g/mol. The highest BCUT2D eigenvalue weighted by atomic mass is 16.2. The van der Waals surface area contributed by atoms with E-state index in [-0.39, 0.29) is 17.1 Å². The molecule has 7 heteroatoms. The first-order valence-electron chi connectivity index (χ1n) is 11.1. The van der Waals surface area contributed by atoms with Gasteiger partial charge in [0.25, 0.3) is 11.8 Å². The van der Waals surface area contributed by atoms with E-state index >= 15 is 0 Å². The maximum absolute atomic E-state index is 13.4. The quantitative estimate of drug-likeness (QED) is 0.355. The van der Waals surface area contributed by atoms with Gasteiger partial charge in [0.15, 0.2) is 0 Å². The molecule has 172 valence electrons. The van der Waals surface area contributed by atoms with Crippen molar-refractivity contribution in [2.45, 2.75) is 58.0 Å². The van der Waals surface area contributed by atoms with Crippen molar-refractivity contribution in [1.29, 1.82) is 0 Å². The number of hydrogen-bond donors (Lipinski definition) is 2. The summed E-state index contributed by atoms with van der Waals surface area (Å²) in [4.78, 5) is 26.7. The Hall–Kier alpha value is -3.45. The molecule has 7 nitrogen and oxygen atoms in total. The van der Waals surface area contributed by atoms with Crippen LogP contribution >= 0.6 is 0 Å². The number of nitrogens with two attached hydrogens (primary N) is 1. The van der Waals surface area contributed by atoms with Crippen LogP contribution in [0.1, 0.15) is 67.2 Å². The van der Waals surface area contributed by atoms with Crippen LogP contribution in [0, 0.1) is 6.92 Å². The van der Waals surface area contributed by atoms with E-state index in [9.17, 15) is 9.59 Å². The average molecular weight is 446 g/mol. The molecule has 0 bridgehead atoms. The molecule has 1 atom stereocenters. The molecule has 1 aromatic heterocycles. The predicted octanol–water partition coefficient (Wildman–Crippen LogP) is 4.30. The summed E-state index contributed by atoms with van der Waals surface area (Å²) in [6.07, 6.45) is 2.29. The second-order valence-corrected chi connectivity index (χ2v) is 9.91. The molecule has 0 saturated carbocycles. The molecule has 4 rings (SSSR count). The zero-order valence-electron chi connectivity index (χ0n) is 19.8. The fourth-order valence-electron chi connectivity index (χ4n) is 4.41. The second-order valence-electron chi connectivity index (χ2n) is 9.91. The van der Waals surface area contributed by atoms with E-state index in [4.69, 9.17) is 5.84 Å². The molecule has 3 aromatic rings. The van der Waals surface area contributed by atoms with Crippen LogP contribution in [0.3, 0.4) is 0 Å². The minimum absolute atomic E-state index is 0.00266. The Morgan fingerprint density at radius 3 is 2.39 bits per heavy atom. The molecular weight excluding hydrogens is 414 g/mol. The van der Waals surface area contributed by atoms with Crippen LogP contribution in [0.5, 0.6) is 0 Å². The van der Waals surface area contributed by atoms with Gasteiger partial charge in [-0.15, -0.1) is 0 Å². The molecule has 1 aliphatic heterocycles. The van der Waals surface area contributed by atoms with Crippen molar-refractivity contribution in [1.82, 2.24) is 14.8 Å². The van der Waals surface area contributed by atoms with Crippen molar-refractivity contribution in [3.63, 3.8) is 0 Å². The SMILES string of the molecule is Cc1ccc(C(C)(C)C(=O)N(N)C(=O)c2cnn3c2NC(c2ccccc2)CC3(C)C)cc1. The first-order chi connectivity index (χ1) is 15.5. The smallest absolute Gasteiger partial charge is 0.280 e. The maximum atomic E-state index is 13.4. The molecule has 0 aliphatic carbocycles. The minimum atomic E-state index is -0.968. The Morgan fingerprint density at radius 1 is 1.12 bits per heavy atom. The Kier molecular flexibility index (Phi) is 5.62. The van der Waals surface area contributed by atoms with Gasteiger partial charge in [-0.1, -0.05) is 60.2 Å². The van der Waals surface area contributed by atoms with E-state index < -0.39 is 17.2 Å². The number of carbonyl (C=O) groups is 2. The van der Waals surface area contributed by atoms with Gasteiger partial charge in [-0.05, 0) is 52.2 Å². The van der Waals surface area contributed by atoms with E-state index in [1.165, 1.54) is 6.20 Å². The molecule has 1 unspecified atom stereocenters. The molecule has 0 fully saturated rings. The summed E-state index contributed by atoms with van der Waals surface area (Å²) >= 11 is 0. The van der Waals surface area contributed by atoms with E-state index in [0.717, 1.165) is 28.1 Å². The number of carbonyl (C=O) groups excluding carboxylic acids is 2. The number of imide groups is 1. The third-order valence-corrected chi connectivity index (χ3v) is 6.54. The number of aryl methyl sites for hydroxylation is 1. The zero-order valence-corrected chi connectivity index (χ0v) is 19.8. The summed E-state index contributed by atoms with van der Waals surface area (Å²) in [6, 6.07) is 17.8.